The molecule has 0 aliphatic rings. The van der Waals surface area contributed by atoms with E-state index in [1.54, 1.807) is 0 Å². The summed E-state index contributed by atoms with van der Waals surface area (Å²) >= 11 is 1.86. The zero-order chi connectivity index (χ0) is 41.4. The van der Waals surface area contributed by atoms with Crippen LogP contribution in [-0.2, 0) is 0 Å². The van der Waals surface area contributed by atoms with E-state index in [0.29, 0.717) is 0 Å². The minimum atomic E-state index is 0.861. The minimum absolute atomic E-state index is 0.861. The predicted octanol–water partition coefficient (Wildman–Crippen LogP) is 17.9. The fourth-order valence-electron chi connectivity index (χ4n) is 10.1. The molecule has 3 heteroatoms. The number of hydrogen-bond acceptors (Lipinski definition) is 3. The van der Waals surface area contributed by atoms with E-state index in [1.165, 1.54) is 69.5 Å². The van der Waals surface area contributed by atoms with Crippen LogP contribution in [0.2, 0.25) is 0 Å². The molecule has 0 aliphatic heterocycles. The molecule has 0 aliphatic carbocycles. The number of hydrogen-bond donors (Lipinski definition) is 0. The van der Waals surface area contributed by atoms with Gasteiger partial charge in [-0.3, -0.25) is 0 Å². The van der Waals surface area contributed by atoms with E-state index in [-0.39, 0.29) is 0 Å². The van der Waals surface area contributed by atoms with Gasteiger partial charge >= 0.3 is 0 Å². The summed E-state index contributed by atoms with van der Waals surface area (Å²) in [6.45, 7) is 0. The molecular formula is C60H37NOS. The number of rotatable bonds is 6. The monoisotopic (exact) mass is 819 g/mol. The summed E-state index contributed by atoms with van der Waals surface area (Å²) in [6.07, 6.45) is 0. The number of benzene rings is 11. The first kappa shape index (κ1) is 35.7. The molecule has 0 fully saturated rings. The zero-order valence-corrected chi connectivity index (χ0v) is 34.9. The Labute approximate surface area is 368 Å². The number of thiophene rings is 1. The SMILES string of the molecule is c1ccc(-c2c(-c3cccc(N(c4ccc(-c5cccc6sc7ccccc7c56)cc4)c4cccc5oc6c7ccccc7ccc6c45)c3)c3ccccc3c3ccccc23)cc1. The second-order valence-corrected chi connectivity index (χ2v) is 17.4. The molecule has 2 aromatic heterocycles. The molecule has 0 amide bonds. The lowest BCUT2D eigenvalue weighted by atomic mass is 9.85. The highest BCUT2D eigenvalue weighted by Crippen LogP contribution is 2.49. The predicted molar refractivity (Wildman–Crippen MR) is 270 cm³/mol. The van der Waals surface area contributed by atoms with Gasteiger partial charge in [0.2, 0.25) is 0 Å². The summed E-state index contributed by atoms with van der Waals surface area (Å²) in [5.41, 5.74) is 12.2. The lowest BCUT2D eigenvalue weighted by Gasteiger charge is -2.27. The zero-order valence-electron chi connectivity index (χ0n) is 34.1. The smallest absolute Gasteiger partial charge is 0.143 e. The third-order valence-corrected chi connectivity index (χ3v) is 14.0. The molecule has 0 N–H and O–H groups in total. The van der Waals surface area contributed by atoms with Gasteiger partial charge in [0.15, 0.2) is 0 Å². The fraction of sp³-hybridized carbons (Fsp3) is 0. The Morgan fingerprint density at radius 1 is 0.349 bits per heavy atom. The number of anilines is 3. The van der Waals surface area contributed by atoms with Crippen LogP contribution in [0.3, 0.4) is 0 Å². The van der Waals surface area contributed by atoms with Crippen LogP contribution in [0.25, 0.3) is 108 Å². The lowest BCUT2D eigenvalue weighted by molar-refractivity contribution is 0.672. The van der Waals surface area contributed by atoms with E-state index in [2.05, 4.69) is 229 Å². The third kappa shape index (κ3) is 5.64. The average molecular weight is 820 g/mol. The van der Waals surface area contributed by atoms with Gasteiger partial charge in [0.1, 0.15) is 11.2 Å². The number of furan rings is 1. The molecule has 0 spiro atoms. The van der Waals surface area contributed by atoms with Crippen molar-refractivity contribution in [3.05, 3.63) is 224 Å². The summed E-state index contributed by atoms with van der Waals surface area (Å²) in [5, 5.41) is 12.0. The van der Waals surface area contributed by atoms with Crippen LogP contribution < -0.4 is 4.90 Å². The van der Waals surface area contributed by atoms with E-state index < -0.39 is 0 Å². The van der Waals surface area contributed by atoms with Crippen molar-refractivity contribution in [2.75, 3.05) is 4.90 Å². The van der Waals surface area contributed by atoms with Gasteiger partial charge in [-0.2, -0.15) is 0 Å². The molecule has 0 saturated heterocycles. The Morgan fingerprint density at radius 2 is 0.968 bits per heavy atom. The molecule has 0 radical (unpaired) electrons. The summed E-state index contributed by atoms with van der Waals surface area (Å²) < 4.78 is 9.41. The maximum Gasteiger partial charge on any atom is 0.143 e. The number of fused-ring (bicyclic) bond motifs is 11. The van der Waals surface area contributed by atoms with E-state index in [1.807, 2.05) is 11.3 Å². The maximum absolute atomic E-state index is 6.79. The molecule has 63 heavy (non-hydrogen) atoms. The summed E-state index contributed by atoms with van der Waals surface area (Å²) in [6, 6.07) is 81.7. The van der Waals surface area contributed by atoms with Gasteiger partial charge in [0.05, 0.1) is 11.1 Å². The molecule has 2 nitrogen and oxygen atoms in total. The first-order valence-corrected chi connectivity index (χ1v) is 22.3. The van der Waals surface area contributed by atoms with Crippen LogP contribution in [0.1, 0.15) is 0 Å². The van der Waals surface area contributed by atoms with Crippen molar-refractivity contribution in [1.82, 2.24) is 0 Å². The lowest BCUT2D eigenvalue weighted by Crippen LogP contribution is -2.10. The highest BCUT2D eigenvalue weighted by Gasteiger charge is 2.23. The van der Waals surface area contributed by atoms with Crippen molar-refractivity contribution in [1.29, 1.82) is 0 Å². The summed E-state index contributed by atoms with van der Waals surface area (Å²) in [5.74, 6) is 0. The fourth-order valence-corrected chi connectivity index (χ4v) is 11.2. The normalized spacial score (nSPS) is 11.8. The molecule has 2 heterocycles. The molecule has 13 rings (SSSR count). The topological polar surface area (TPSA) is 16.4 Å². The second kappa shape index (κ2) is 14.3. The molecule has 13 aromatic rings. The van der Waals surface area contributed by atoms with Crippen molar-refractivity contribution in [2.45, 2.75) is 0 Å². The summed E-state index contributed by atoms with van der Waals surface area (Å²) in [7, 11) is 0. The highest BCUT2D eigenvalue weighted by molar-refractivity contribution is 7.25. The summed E-state index contributed by atoms with van der Waals surface area (Å²) in [4.78, 5) is 2.42. The van der Waals surface area contributed by atoms with Crippen molar-refractivity contribution in [2.24, 2.45) is 0 Å². The van der Waals surface area contributed by atoms with E-state index in [9.17, 15) is 0 Å². The first-order chi connectivity index (χ1) is 31.3. The van der Waals surface area contributed by atoms with Crippen molar-refractivity contribution in [3.8, 4) is 33.4 Å². The van der Waals surface area contributed by atoms with E-state index in [0.717, 1.165) is 55.3 Å². The molecular weight excluding hydrogens is 783 g/mol. The molecule has 0 atom stereocenters. The van der Waals surface area contributed by atoms with Crippen LogP contribution in [0.4, 0.5) is 17.1 Å². The molecule has 0 unspecified atom stereocenters. The number of nitrogens with zero attached hydrogens (tertiary/aromatic N) is 1. The van der Waals surface area contributed by atoms with Crippen LogP contribution >= 0.6 is 11.3 Å². The molecule has 0 saturated carbocycles. The van der Waals surface area contributed by atoms with E-state index >= 15 is 0 Å². The Kier molecular flexibility index (Phi) is 8.12. The van der Waals surface area contributed by atoms with Gasteiger partial charge in [-0.05, 0) is 115 Å². The van der Waals surface area contributed by atoms with Gasteiger partial charge in [-0.1, -0.05) is 170 Å². The largest absolute Gasteiger partial charge is 0.455 e. The minimum Gasteiger partial charge on any atom is -0.455 e. The van der Waals surface area contributed by atoms with Crippen LogP contribution in [0, 0.1) is 0 Å². The molecule has 11 aromatic carbocycles. The maximum atomic E-state index is 6.79. The van der Waals surface area contributed by atoms with Gasteiger partial charge in [-0.25, -0.2) is 0 Å². The van der Waals surface area contributed by atoms with Crippen molar-refractivity contribution >= 4 is 103 Å². The Balaban J connectivity index is 1.06. The molecule has 0 bridgehead atoms. The van der Waals surface area contributed by atoms with Crippen LogP contribution in [-0.4, -0.2) is 0 Å². The Bertz CT molecular complexity index is 3920. The third-order valence-electron chi connectivity index (χ3n) is 12.8. The molecule has 294 valence electrons. The quantitative estimate of drug-likeness (QED) is 0.155. The van der Waals surface area contributed by atoms with Crippen LogP contribution in [0.15, 0.2) is 229 Å². The van der Waals surface area contributed by atoms with Crippen LogP contribution in [0.5, 0.6) is 0 Å². The van der Waals surface area contributed by atoms with Gasteiger partial charge in [0, 0.05) is 42.3 Å². The average Bonchev–Trinajstić information content (AvgIpc) is 3.94. The van der Waals surface area contributed by atoms with Crippen molar-refractivity contribution in [3.63, 3.8) is 0 Å². The van der Waals surface area contributed by atoms with Gasteiger partial charge < -0.3 is 9.32 Å². The Hall–Kier alpha value is -7.98. The standard InChI is InChI=1S/C60H37NOS/c1-2-16-40(17-3-1)56-48-23-8-6-21-46(48)47-22-7-9-24-49(47)57(56)41-18-12-19-43(37-41)61(52-27-14-28-53-59(52)51-36-33-38-15-4-5-20-45(38)60(51)62-53)42-34-31-39(32-35-42)44-26-13-30-55-58(44)50-25-10-11-29-54(50)63-55/h1-37H. The van der Waals surface area contributed by atoms with Crippen molar-refractivity contribution < 1.29 is 4.42 Å². The first-order valence-electron chi connectivity index (χ1n) is 21.5. The Morgan fingerprint density at radius 3 is 1.76 bits per heavy atom. The highest BCUT2D eigenvalue weighted by atomic mass is 32.1. The van der Waals surface area contributed by atoms with Gasteiger partial charge in [0.25, 0.3) is 0 Å². The second-order valence-electron chi connectivity index (χ2n) is 16.3. The van der Waals surface area contributed by atoms with Gasteiger partial charge in [-0.15, -0.1) is 11.3 Å². The van der Waals surface area contributed by atoms with E-state index in [4.69, 9.17) is 4.42 Å².